The molecule has 2 atom stereocenters. The van der Waals surface area contributed by atoms with Gasteiger partial charge in [-0.25, -0.2) is 9.49 Å². The molecule has 3 aromatic carbocycles. The average molecular weight is 701 g/mol. The quantitative estimate of drug-likeness (QED) is 0.157. The highest BCUT2D eigenvalue weighted by molar-refractivity contribution is 6.30. The minimum absolute atomic E-state index is 0.0952. The van der Waals surface area contributed by atoms with Gasteiger partial charge in [-0.3, -0.25) is 19.2 Å². The number of nitrogens with zero attached hydrogens (tertiary/aromatic N) is 2. The molecule has 5 rings (SSSR count). The van der Waals surface area contributed by atoms with E-state index in [-0.39, 0.29) is 23.7 Å². The number of aryl methyl sites for hydroxylation is 2. The van der Waals surface area contributed by atoms with Crippen LogP contribution in [-0.2, 0) is 27.4 Å². The van der Waals surface area contributed by atoms with Crippen molar-refractivity contribution in [2.45, 2.75) is 78.5 Å². The number of aromatic nitrogens is 2. The molecule has 0 bridgehead atoms. The zero-order valence-electron chi connectivity index (χ0n) is 28.7. The number of amides is 2. The summed E-state index contributed by atoms with van der Waals surface area (Å²) in [6.07, 6.45) is 2.13. The van der Waals surface area contributed by atoms with Crippen LogP contribution in [0.4, 0.5) is 4.39 Å². The molecule has 2 heterocycles. The van der Waals surface area contributed by atoms with Gasteiger partial charge in [-0.15, -0.1) is 0 Å². The molecule has 4 aromatic rings. The van der Waals surface area contributed by atoms with Crippen LogP contribution in [-0.4, -0.2) is 45.5 Å². The second-order valence-corrected chi connectivity index (χ2v) is 13.3. The molecule has 9 nitrogen and oxygen atoms in total. The number of ether oxygens (including phenoxy) is 1. The van der Waals surface area contributed by atoms with Gasteiger partial charge in [0, 0.05) is 28.6 Å². The van der Waals surface area contributed by atoms with Crippen LogP contribution in [0, 0.1) is 25.1 Å². The standard InChI is InChI=1S/C39H42ClFN4O5/c1-5-39(6-2,38(49)50-23-26-10-8-7-9-11-26)34-15-14-33(29-19-31(40)21-32(41)20-29)45(34)35(46)22-42-36(47)28-13-12-27(24(3)16-28)18-30-17-25(4)43-44-37(30)48/h7-13,16-17,19-21,33-34H,5-6,14-15,18,22-23H2,1-4H3,(H,42,47)(H,44,48)/t33-,34+/m0/s1. The van der Waals surface area contributed by atoms with Crippen LogP contribution in [0.5, 0.6) is 0 Å². The van der Waals surface area contributed by atoms with Crippen molar-refractivity contribution in [2.24, 2.45) is 5.41 Å². The van der Waals surface area contributed by atoms with E-state index < -0.39 is 41.1 Å². The lowest BCUT2D eigenvalue weighted by Gasteiger charge is -2.42. The van der Waals surface area contributed by atoms with Gasteiger partial charge in [0.1, 0.15) is 12.4 Å². The predicted molar refractivity (Wildman–Crippen MR) is 189 cm³/mol. The van der Waals surface area contributed by atoms with Gasteiger partial charge in [0.15, 0.2) is 0 Å². The van der Waals surface area contributed by atoms with E-state index in [1.54, 1.807) is 42.2 Å². The maximum absolute atomic E-state index is 14.6. The first kappa shape index (κ1) is 36.5. The summed E-state index contributed by atoms with van der Waals surface area (Å²) in [6.45, 7) is 7.21. The van der Waals surface area contributed by atoms with Crippen LogP contribution >= 0.6 is 11.6 Å². The number of carbonyl (C=O) groups is 3. The molecule has 50 heavy (non-hydrogen) atoms. The number of carbonyl (C=O) groups excluding carboxylic acids is 3. The molecular weight excluding hydrogens is 659 g/mol. The zero-order valence-corrected chi connectivity index (χ0v) is 29.5. The number of hydrogen-bond donors (Lipinski definition) is 2. The van der Waals surface area contributed by atoms with Crippen molar-refractivity contribution < 1.29 is 23.5 Å². The van der Waals surface area contributed by atoms with Gasteiger partial charge in [0.25, 0.3) is 11.5 Å². The number of H-pyrrole nitrogens is 1. The van der Waals surface area contributed by atoms with E-state index in [1.165, 1.54) is 12.1 Å². The van der Waals surface area contributed by atoms with Gasteiger partial charge in [0.05, 0.1) is 23.7 Å². The summed E-state index contributed by atoms with van der Waals surface area (Å²) in [7, 11) is 0. The molecule has 1 aromatic heterocycles. The molecule has 1 fully saturated rings. The van der Waals surface area contributed by atoms with Gasteiger partial charge in [-0.2, -0.15) is 5.10 Å². The zero-order chi connectivity index (χ0) is 36.0. The molecule has 0 unspecified atom stereocenters. The summed E-state index contributed by atoms with van der Waals surface area (Å²) < 4.78 is 20.5. The first-order valence-electron chi connectivity index (χ1n) is 16.9. The van der Waals surface area contributed by atoms with E-state index in [2.05, 4.69) is 15.5 Å². The molecule has 0 aliphatic carbocycles. The number of likely N-dealkylation sites (tertiary alicyclic amines) is 1. The van der Waals surface area contributed by atoms with Gasteiger partial charge in [-0.05, 0) is 98.2 Å². The van der Waals surface area contributed by atoms with Crippen LogP contribution in [0.3, 0.4) is 0 Å². The van der Waals surface area contributed by atoms with Crippen molar-refractivity contribution >= 4 is 29.4 Å². The number of hydrogen-bond acceptors (Lipinski definition) is 6. The Labute approximate surface area is 296 Å². The summed E-state index contributed by atoms with van der Waals surface area (Å²) in [6, 6.07) is 19.3. The van der Waals surface area contributed by atoms with Gasteiger partial charge in [-0.1, -0.05) is 61.8 Å². The predicted octanol–water partition coefficient (Wildman–Crippen LogP) is 6.78. The average Bonchev–Trinajstić information content (AvgIpc) is 3.55. The molecule has 1 aliphatic heterocycles. The Kier molecular flexibility index (Phi) is 11.5. The largest absolute Gasteiger partial charge is 0.460 e. The molecule has 262 valence electrons. The second kappa shape index (κ2) is 15.8. The second-order valence-electron chi connectivity index (χ2n) is 12.9. The molecule has 2 amide bonds. The summed E-state index contributed by atoms with van der Waals surface area (Å²) in [5.41, 5.74) is 3.36. The van der Waals surface area contributed by atoms with Crippen LogP contribution in [0.25, 0.3) is 0 Å². The highest BCUT2D eigenvalue weighted by Crippen LogP contribution is 2.47. The first-order chi connectivity index (χ1) is 23.9. The Balaban J connectivity index is 1.37. The smallest absolute Gasteiger partial charge is 0.314 e. The molecule has 0 spiro atoms. The summed E-state index contributed by atoms with van der Waals surface area (Å²) in [5.74, 6) is -1.80. The normalized spacial score (nSPS) is 15.9. The Bertz CT molecular complexity index is 1910. The third kappa shape index (κ3) is 7.97. The van der Waals surface area contributed by atoms with Crippen molar-refractivity contribution in [3.8, 4) is 0 Å². The monoisotopic (exact) mass is 700 g/mol. The fourth-order valence-electron chi connectivity index (χ4n) is 7.09. The highest BCUT2D eigenvalue weighted by Gasteiger charge is 2.52. The molecule has 2 N–H and O–H groups in total. The summed E-state index contributed by atoms with van der Waals surface area (Å²) in [4.78, 5) is 55.4. The van der Waals surface area contributed by atoms with Crippen molar-refractivity contribution in [1.29, 1.82) is 0 Å². The minimum Gasteiger partial charge on any atom is -0.460 e. The number of nitrogens with one attached hydrogen (secondary N) is 2. The first-order valence-corrected chi connectivity index (χ1v) is 17.2. The lowest BCUT2D eigenvalue weighted by atomic mass is 9.74. The molecule has 1 saturated heterocycles. The van der Waals surface area contributed by atoms with Crippen molar-refractivity contribution in [3.05, 3.63) is 133 Å². The van der Waals surface area contributed by atoms with Gasteiger partial charge >= 0.3 is 5.97 Å². The number of rotatable bonds is 12. The van der Waals surface area contributed by atoms with Crippen molar-refractivity contribution in [2.75, 3.05) is 6.54 Å². The topological polar surface area (TPSA) is 121 Å². The fraction of sp³-hybridized carbons (Fsp3) is 0.359. The number of esters is 1. The molecule has 11 heteroatoms. The Hall–Kier alpha value is -4.83. The number of aromatic amines is 1. The molecule has 1 aliphatic rings. The molecular formula is C39H42ClFN4O5. The van der Waals surface area contributed by atoms with E-state index in [0.29, 0.717) is 54.5 Å². The third-order valence-corrected chi connectivity index (χ3v) is 10.1. The minimum atomic E-state index is -1.04. The van der Waals surface area contributed by atoms with Crippen LogP contribution in [0.1, 0.15) is 89.4 Å². The van der Waals surface area contributed by atoms with E-state index in [1.807, 2.05) is 51.1 Å². The highest BCUT2D eigenvalue weighted by atomic mass is 35.5. The van der Waals surface area contributed by atoms with E-state index >= 15 is 0 Å². The van der Waals surface area contributed by atoms with Crippen LogP contribution in [0.15, 0.2) is 77.6 Å². The van der Waals surface area contributed by atoms with Crippen molar-refractivity contribution in [1.82, 2.24) is 20.4 Å². The molecule has 0 radical (unpaired) electrons. The van der Waals surface area contributed by atoms with Gasteiger partial charge in [0.2, 0.25) is 5.91 Å². The van der Waals surface area contributed by atoms with E-state index in [9.17, 15) is 23.6 Å². The van der Waals surface area contributed by atoms with Crippen LogP contribution < -0.4 is 10.9 Å². The maximum atomic E-state index is 14.6. The molecule has 0 saturated carbocycles. The number of halogens is 2. The maximum Gasteiger partial charge on any atom is 0.314 e. The SMILES string of the molecule is CCC(CC)(C(=O)OCc1ccccc1)[C@H]1CC[C@@H](c2cc(F)cc(Cl)c2)N1C(=O)CNC(=O)c1ccc(Cc2cc(C)n[nH]c2=O)c(C)c1. The summed E-state index contributed by atoms with van der Waals surface area (Å²) >= 11 is 6.25. The fourth-order valence-corrected chi connectivity index (χ4v) is 7.32. The van der Waals surface area contributed by atoms with E-state index in [4.69, 9.17) is 16.3 Å². The lowest BCUT2D eigenvalue weighted by Crippen LogP contribution is -2.53. The van der Waals surface area contributed by atoms with Gasteiger partial charge < -0.3 is 15.0 Å². The van der Waals surface area contributed by atoms with Crippen LogP contribution in [0.2, 0.25) is 5.02 Å². The van der Waals surface area contributed by atoms with Crippen molar-refractivity contribution in [3.63, 3.8) is 0 Å². The summed E-state index contributed by atoms with van der Waals surface area (Å²) in [5, 5.41) is 9.37. The lowest BCUT2D eigenvalue weighted by molar-refractivity contribution is -0.164. The Morgan fingerprint density at radius 1 is 1.00 bits per heavy atom. The number of benzene rings is 3. The Morgan fingerprint density at radius 3 is 2.42 bits per heavy atom. The Morgan fingerprint density at radius 2 is 1.74 bits per heavy atom. The third-order valence-electron chi connectivity index (χ3n) is 9.86. The van der Waals surface area contributed by atoms with E-state index in [0.717, 1.165) is 16.7 Å².